The van der Waals surface area contributed by atoms with Gasteiger partial charge in [0.25, 0.3) is 0 Å². The smallest absolute Gasteiger partial charge is 0.203 e. The molecule has 0 radical (unpaired) electrons. The molecule has 37 heavy (non-hydrogen) atoms. The average molecular weight is 513 g/mol. The molecule has 7 heteroatoms. The van der Waals surface area contributed by atoms with Crippen molar-refractivity contribution in [1.29, 1.82) is 0 Å². The fraction of sp³-hybridized carbons (Fsp3) is 0.600. The first kappa shape index (κ1) is 27.7. The van der Waals surface area contributed by atoms with E-state index in [1.807, 2.05) is 18.2 Å². The lowest BCUT2D eigenvalue weighted by molar-refractivity contribution is 0.0153. The Morgan fingerprint density at radius 1 is 0.892 bits per heavy atom. The molecule has 0 aliphatic carbocycles. The van der Waals surface area contributed by atoms with Gasteiger partial charge in [0.15, 0.2) is 11.5 Å². The first-order valence-corrected chi connectivity index (χ1v) is 13.7. The van der Waals surface area contributed by atoms with Crippen LogP contribution in [0.3, 0.4) is 0 Å². The summed E-state index contributed by atoms with van der Waals surface area (Å²) < 4.78 is 29.9. The van der Waals surface area contributed by atoms with Crippen LogP contribution >= 0.6 is 0 Å². The third kappa shape index (κ3) is 8.34. The van der Waals surface area contributed by atoms with Crippen LogP contribution in [0.4, 0.5) is 0 Å². The van der Waals surface area contributed by atoms with Crippen molar-refractivity contribution in [3.05, 3.63) is 53.6 Å². The molecule has 0 saturated carbocycles. The quantitative estimate of drug-likeness (QED) is 0.572. The van der Waals surface area contributed by atoms with E-state index in [2.05, 4.69) is 41.1 Å². The van der Waals surface area contributed by atoms with Gasteiger partial charge in [0.2, 0.25) is 5.75 Å². The van der Waals surface area contributed by atoms with E-state index in [0.717, 1.165) is 51.0 Å². The normalized spacial score (nSPS) is 24.4. The van der Waals surface area contributed by atoms with Gasteiger partial charge in [-0.1, -0.05) is 30.3 Å². The van der Waals surface area contributed by atoms with E-state index in [1.54, 1.807) is 14.2 Å². The lowest BCUT2D eigenvalue weighted by atomic mass is 10.0. The molecule has 204 valence electrons. The van der Waals surface area contributed by atoms with Crippen LogP contribution in [-0.2, 0) is 22.7 Å². The van der Waals surface area contributed by atoms with Gasteiger partial charge in [-0.25, -0.2) is 0 Å². The standard InChI is InChI=1S/C30H44N2O5/c1-31-17-19-35-22-25-20-28(33-2)30(34-3)29(21-25)36-18-7-10-27(37-23-24-8-5-4-6-9-24)13-16-32-14-11-26(31)12-15-32/h4-6,8-9,20-21,26-27H,7,10-19,22-23H2,1-3H3. The highest BCUT2D eigenvalue weighted by Gasteiger charge is 2.23. The highest BCUT2D eigenvalue weighted by atomic mass is 16.5. The van der Waals surface area contributed by atoms with Crippen molar-refractivity contribution in [1.82, 2.24) is 9.80 Å². The maximum absolute atomic E-state index is 6.42. The van der Waals surface area contributed by atoms with Crippen LogP contribution in [0.2, 0.25) is 0 Å². The second kappa shape index (κ2) is 14.6. The molecule has 2 aromatic carbocycles. The van der Waals surface area contributed by atoms with Gasteiger partial charge in [-0.2, -0.15) is 0 Å². The number of piperidine rings is 1. The van der Waals surface area contributed by atoms with Crippen LogP contribution in [0.25, 0.3) is 0 Å². The number of rotatable bonds is 5. The van der Waals surface area contributed by atoms with Gasteiger partial charge in [-0.05, 0) is 75.5 Å². The van der Waals surface area contributed by atoms with Gasteiger partial charge in [0.05, 0.1) is 46.8 Å². The Morgan fingerprint density at radius 2 is 1.68 bits per heavy atom. The highest BCUT2D eigenvalue weighted by Crippen LogP contribution is 2.38. The first-order valence-electron chi connectivity index (χ1n) is 13.7. The number of hydrogen-bond donors (Lipinski definition) is 0. The maximum Gasteiger partial charge on any atom is 0.203 e. The lowest BCUT2D eigenvalue weighted by Gasteiger charge is -2.37. The monoisotopic (exact) mass is 512 g/mol. The fourth-order valence-electron chi connectivity index (χ4n) is 5.26. The SMILES string of the molecule is COc1cc2cc(c1OC)OCCCC(OCc1ccccc1)CCN1CCC(CC1)N(C)CCOC2. The molecule has 0 aromatic heterocycles. The number of hydrogen-bond acceptors (Lipinski definition) is 7. The van der Waals surface area contributed by atoms with Crippen LogP contribution in [0.1, 0.15) is 43.2 Å². The van der Waals surface area contributed by atoms with Gasteiger partial charge >= 0.3 is 0 Å². The summed E-state index contributed by atoms with van der Waals surface area (Å²) >= 11 is 0. The zero-order chi connectivity index (χ0) is 25.9. The Kier molecular flexibility index (Phi) is 10.9. The van der Waals surface area contributed by atoms with Crippen molar-refractivity contribution in [3.63, 3.8) is 0 Å². The second-order valence-electron chi connectivity index (χ2n) is 10.1. The molecule has 3 heterocycles. The van der Waals surface area contributed by atoms with Crippen molar-refractivity contribution in [3.8, 4) is 17.2 Å². The Bertz CT molecular complexity index is 933. The van der Waals surface area contributed by atoms with Crippen LogP contribution in [0.15, 0.2) is 42.5 Å². The van der Waals surface area contributed by atoms with E-state index in [4.69, 9.17) is 23.7 Å². The molecule has 0 amide bonds. The molecule has 0 spiro atoms. The number of nitrogens with zero attached hydrogens (tertiary/aromatic N) is 2. The molecular weight excluding hydrogens is 468 g/mol. The summed E-state index contributed by atoms with van der Waals surface area (Å²) in [6.45, 7) is 6.74. The minimum atomic E-state index is 0.197. The van der Waals surface area contributed by atoms with Crippen LogP contribution in [-0.4, -0.2) is 82.6 Å². The molecule has 1 fully saturated rings. The van der Waals surface area contributed by atoms with Crippen molar-refractivity contribution < 1.29 is 23.7 Å². The topological polar surface area (TPSA) is 52.6 Å². The molecule has 3 aliphatic rings. The van der Waals surface area contributed by atoms with Gasteiger partial charge in [0, 0.05) is 19.1 Å². The molecule has 5 rings (SSSR count). The molecule has 1 atom stereocenters. The van der Waals surface area contributed by atoms with Gasteiger partial charge in [-0.15, -0.1) is 0 Å². The Balaban J connectivity index is 1.45. The minimum Gasteiger partial charge on any atom is -0.493 e. The summed E-state index contributed by atoms with van der Waals surface area (Å²) in [4.78, 5) is 5.06. The molecule has 1 unspecified atom stereocenters. The summed E-state index contributed by atoms with van der Waals surface area (Å²) in [5.74, 6) is 1.98. The zero-order valence-corrected chi connectivity index (χ0v) is 22.8. The minimum absolute atomic E-state index is 0.197. The molecule has 3 aliphatic heterocycles. The summed E-state index contributed by atoms with van der Waals surface area (Å²) in [5.41, 5.74) is 2.24. The fourth-order valence-corrected chi connectivity index (χ4v) is 5.26. The average Bonchev–Trinajstić information content (AvgIpc) is 2.94. The Morgan fingerprint density at radius 3 is 2.43 bits per heavy atom. The Labute approximate surface area is 222 Å². The Hall–Kier alpha value is -2.32. The van der Waals surface area contributed by atoms with E-state index in [0.29, 0.717) is 49.7 Å². The molecule has 2 aromatic rings. The van der Waals surface area contributed by atoms with E-state index < -0.39 is 0 Å². The number of ether oxygens (including phenoxy) is 5. The van der Waals surface area contributed by atoms with E-state index in [-0.39, 0.29) is 6.10 Å². The van der Waals surface area contributed by atoms with Crippen molar-refractivity contribution in [2.45, 2.75) is 57.5 Å². The molecular formula is C30H44N2O5. The number of fused-ring (bicyclic) bond motifs is 12. The third-order valence-corrected chi connectivity index (χ3v) is 7.57. The van der Waals surface area contributed by atoms with E-state index in [1.165, 1.54) is 18.4 Å². The van der Waals surface area contributed by atoms with Gasteiger partial charge < -0.3 is 33.5 Å². The number of likely N-dealkylation sites (N-methyl/N-ethyl adjacent to an activating group) is 1. The van der Waals surface area contributed by atoms with Crippen LogP contribution in [0, 0.1) is 0 Å². The number of methoxy groups -OCH3 is 2. The van der Waals surface area contributed by atoms with Crippen LogP contribution < -0.4 is 14.2 Å². The molecule has 1 saturated heterocycles. The maximum atomic E-state index is 6.42. The third-order valence-electron chi connectivity index (χ3n) is 7.57. The lowest BCUT2D eigenvalue weighted by Crippen LogP contribution is -2.44. The van der Waals surface area contributed by atoms with Crippen molar-refractivity contribution in [2.24, 2.45) is 0 Å². The molecule has 7 nitrogen and oxygen atoms in total. The second-order valence-corrected chi connectivity index (χ2v) is 10.1. The predicted molar refractivity (Wildman–Crippen MR) is 146 cm³/mol. The summed E-state index contributed by atoms with van der Waals surface area (Å²) in [5, 5.41) is 0. The van der Waals surface area contributed by atoms with E-state index in [9.17, 15) is 0 Å². The highest BCUT2D eigenvalue weighted by molar-refractivity contribution is 5.53. The predicted octanol–water partition coefficient (Wildman–Crippen LogP) is 4.76. The summed E-state index contributed by atoms with van der Waals surface area (Å²) in [6.07, 6.45) is 5.50. The largest absolute Gasteiger partial charge is 0.493 e. The van der Waals surface area contributed by atoms with Crippen molar-refractivity contribution in [2.75, 3.05) is 60.7 Å². The van der Waals surface area contributed by atoms with Crippen LogP contribution in [0.5, 0.6) is 17.2 Å². The zero-order valence-electron chi connectivity index (χ0n) is 22.8. The van der Waals surface area contributed by atoms with Crippen molar-refractivity contribution >= 4 is 0 Å². The molecule has 0 N–H and O–H groups in total. The summed E-state index contributed by atoms with van der Waals surface area (Å²) in [7, 11) is 5.53. The molecule has 4 bridgehead atoms. The summed E-state index contributed by atoms with van der Waals surface area (Å²) in [6, 6.07) is 15.0. The van der Waals surface area contributed by atoms with E-state index >= 15 is 0 Å². The van der Waals surface area contributed by atoms with Gasteiger partial charge in [-0.3, -0.25) is 0 Å². The van der Waals surface area contributed by atoms with Gasteiger partial charge in [0.1, 0.15) is 0 Å². The first-order chi connectivity index (χ1) is 18.2. The number of benzene rings is 2.